The van der Waals surface area contributed by atoms with Gasteiger partial charge >= 0.3 is 5.97 Å². The fourth-order valence-corrected chi connectivity index (χ4v) is 3.73. The zero-order valence-electron chi connectivity index (χ0n) is 19.3. The predicted molar refractivity (Wildman–Crippen MR) is 125 cm³/mol. The SMILES string of the molecule is COc1ccc(OC)c2c1C(=O)C=C([C@@H](CC=C(C)C)OC(=O)CCc1ccccc1)C2=O. The molecule has 0 spiro atoms. The lowest BCUT2D eigenvalue weighted by atomic mass is 9.85. The first-order valence-electron chi connectivity index (χ1n) is 10.8. The molecule has 0 aliphatic heterocycles. The summed E-state index contributed by atoms with van der Waals surface area (Å²) in [7, 11) is 2.87. The van der Waals surface area contributed by atoms with Crippen molar-refractivity contribution in [2.24, 2.45) is 0 Å². The molecule has 0 N–H and O–H groups in total. The highest BCUT2D eigenvalue weighted by molar-refractivity contribution is 6.27. The smallest absolute Gasteiger partial charge is 0.306 e. The Morgan fingerprint density at radius 3 is 2.18 bits per heavy atom. The molecule has 1 aliphatic carbocycles. The van der Waals surface area contributed by atoms with Gasteiger partial charge in [0.25, 0.3) is 0 Å². The molecule has 0 unspecified atom stereocenters. The minimum Gasteiger partial charge on any atom is -0.496 e. The monoisotopic (exact) mass is 448 g/mol. The largest absolute Gasteiger partial charge is 0.496 e. The van der Waals surface area contributed by atoms with Gasteiger partial charge in [0.1, 0.15) is 17.6 Å². The van der Waals surface area contributed by atoms with Crippen LogP contribution in [0.1, 0.15) is 53.0 Å². The van der Waals surface area contributed by atoms with Crippen molar-refractivity contribution in [2.45, 2.75) is 39.2 Å². The third kappa shape index (κ3) is 5.58. The lowest BCUT2D eigenvalue weighted by molar-refractivity contribution is -0.147. The van der Waals surface area contributed by atoms with Crippen molar-refractivity contribution in [2.75, 3.05) is 14.2 Å². The average Bonchev–Trinajstić information content (AvgIpc) is 2.82. The fraction of sp³-hybridized carbons (Fsp3) is 0.296. The fourth-order valence-electron chi connectivity index (χ4n) is 3.73. The summed E-state index contributed by atoms with van der Waals surface area (Å²) in [5.74, 6) is -0.678. The van der Waals surface area contributed by atoms with Gasteiger partial charge in [-0.05, 0) is 44.0 Å². The number of rotatable bonds is 9. The molecule has 0 saturated carbocycles. The molecule has 0 fully saturated rings. The summed E-state index contributed by atoms with van der Waals surface area (Å²) in [5, 5.41) is 0. The van der Waals surface area contributed by atoms with Crippen molar-refractivity contribution >= 4 is 17.5 Å². The Hall–Kier alpha value is -3.67. The Bertz CT molecular complexity index is 1110. The van der Waals surface area contributed by atoms with Gasteiger partial charge in [-0.2, -0.15) is 0 Å². The summed E-state index contributed by atoms with van der Waals surface area (Å²) in [6.45, 7) is 3.83. The van der Waals surface area contributed by atoms with Crippen molar-refractivity contribution in [1.82, 2.24) is 0 Å². The predicted octanol–water partition coefficient (Wildman–Crippen LogP) is 4.91. The van der Waals surface area contributed by atoms with Gasteiger partial charge in [-0.15, -0.1) is 0 Å². The van der Waals surface area contributed by atoms with E-state index >= 15 is 0 Å². The highest BCUT2D eigenvalue weighted by atomic mass is 16.5. The number of Topliss-reactive ketones (excluding diaryl/α,β-unsaturated/α-hetero) is 1. The van der Waals surface area contributed by atoms with Crippen molar-refractivity contribution in [3.05, 3.63) is 82.5 Å². The van der Waals surface area contributed by atoms with Gasteiger partial charge in [0, 0.05) is 18.4 Å². The zero-order valence-corrected chi connectivity index (χ0v) is 19.3. The number of hydrogen-bond acceptors (Lipinski definition) is 6. The Labute approximate surface area is 193 Å². The number of esters is 1. The Morgan fingerprint density at radius 1 is 0.939 bits per heavy atom. The second kappa shape index (κ2) is 10.8. The molecule has 172 valence electrons. The number of carbonyl (C=O) groups excluding carboxylic acids is 3. The molecule has 2 aromatic rings. The van der Waals surface area contributed by atoms with Crippen LogP contribution in [0.5, 0.6) is 11.5 Å². The summed E-state index contributed by atoms with van der Waals surface area (Å²) in [4.78, 5) is 39.2. The van der Waals surface area contributed by atoms with Crippen molar-refractivity contribution in [3.8, 4) is 11.5 Å². The molecule has 0 bridgehead atoms. The maximum atomic E-state index is 13.5. The van der Waals surface area contributed by atoms with E-state index in [1.807, 2.05) is 50.3 Å². The molecule has 6 heteroatoms. The highest BCUT2D eigenvalue weighted by Gasteiger charge is 2.36. The maximum Gasteiger partial charge on any atom is 0.306 e. The van der Waals surface area contributed by atoms with Gasteiger partial charge in [0.15, 0.2) is 11.6 Å². The summed E-state index contributed by atoms with van der Waals surface area (Å²) >= 11 is 0. The lowest BCUT2D eigenvalue weighted by Crippen LogP contribution is -2.29. The van der Waals surface area contributed by atoms with Crippen LogP contribution in [0.2, 0.25) is 0 Å². The molecular weight excluding hydrogens is 420 g/mol. The quantitative estimate of drug-likeness (QED) is 0.401. The average molecular weight is 449 g/mol. The molecule has 0 saturated heterocycles. The molecule has 0 amide bonds. The number of aryl methyl sites for hydroxylation is 1. The summed E-state index contributed by atoms with van der Waals surface area (Å²) in [6, 6.07) is 12.8. The van der Waals surface area contributed by atoms with Crippen molar-refractivity contribution < 1.29 is 28.6 Å². The van der Waals surface area contributed by atoms with Gasteiger partial charge in [0.05, 0.1) is 25.3 Å². The summed E-state index contributed by atoms with van der Waals surface area (Å²) < 4.78 is 16.4. The topological polar surface area (TPSA) is 78.9 Å². The van der Waals surface area contributed by atoms with Gasteiger partial charge < -0.3 is 14.2 Å². The molecule has 1 aliphatic rings. The van der Waals surface area contributed by atoms with Crippen LogP contribution in [0.15, 0.2) is 65.8 Å². The molecule has 1 atom stereocenters. The minimum atomic E-state index is -0.885. The molecule has 6 nitrogen and oxygen atoms in total. The number of carbonyl (C=O) groups is 3. The number of benzene rings is 2. The summed E-state index contributed by atoms with van der Waals surface area (Å²) in [6.07, 6.45) is 3.22. The first-order chi connectivity index (χ1) is 15.8. The first-order valence-corrected chi connectivity index (χ1v) is 10.8. The number of allylic oxidation sites excluding steroid dienone is 2. The second-order valence-corrected chi connectivity index (χ2v) is 7.99. The van der Waals surface area contributed by atoms with Crippen LogP contribution >= 0.6 is 0 Å². The molecule has 0 heterocycles. The van der Waals surface area contributed by atoms with Crippen molar-refractivity contribution in [1.29, 1.82) is 0 Å². The normalized spacial score (nSPS) is 13.5. The van der Waals surface area contributed by atoms with Crippen molar-refractivity contribution in [3.63, 3.8) is 0 Å². The van der Waals surface area contributed by atoms with Crippen LogP contribution in [-0.4, -0.2) is 37.9 Å². The lowest BCUT2D eigenvalue weighted by Gasteiger charge is -2.24. The molecule has 0 radical (unpaired) electrons. The van der Waals surface area contributed by atoms with Gasteiger partial charge in [-0.25, -0.2) is 0 Å². The van der Waals surface area contributed by atoms with E-state index in [1.54, 1.807) is 12.1 Å². The Morgan fingerprint density at radius 2 is 1.58 bits per heavy atom. The third-order valence-corrected chi connectivity index (χ3v) is 5.41. The third-order valence-electron chi connectivity index (χ3n) is 5.41. The highest BCUT2D eigenvalue weighted by Crippen LogP contribution is 2.37. The van der Waals surface area contributed by atoms with E-state index in [2.05, 4.69) is 0 Å². The Balaban J connectivity index is 1.90. The number of fused-ring (bicyclic) bond motifs is 1. The van der Waals surface area contributed by atoms with Crippen LogP contribution in [0.4, 0.5) is 0 Å². The van der Waals surface area contributed by atoms with Crippen LogP contribution in [-0.2, 0) is 16.0 Å². The molecular formula is C27H28O6. The van der Waals surface area contributed by atoms with Crippen LogP contribution in [0, 0.1) is 0 Å². The van der Waals surface area contributed by atoms with E-state index in [4.69, 9.17) is 14.2 Å². The van der Waals surface area contributed by atoms with E-state index < -0.39 is 23.6 Å². The van der Waals surface area contributed by atoms with Crippen LogP contribution < -0.4 is 9.47 Å². The maximum absolute atomic E-state index is 13.5. The molecule has 3 rings (SSSR count). The molecule has 33 heavy (non-hydrogen) atoms. The zero-order chi connectivity index (χ0) is 24.0. The first kappa shape index (κ1) is 24.0. The number of ketones is 2. The molecule has 2 aromatic carbocycles. The number of hydrogen-bond donors (Lipinski definition) is 0. The number of methoxy groups -OCH3 is 2. The van der Waals surface area contributed by atoms with E-state index in [-0.39, 0.29) is 35.3 Å². The van der Waals surface area contributed by atoms with E-state index in [0.29, 0.717) is 12.2 Å². The summed E-state index contributed by atoms with van der Waals surface area (Å²) in [5.41, 5.74) is 2.44. The van der Waals surface area contributed by atoms with E-state index in [1.165, 1.54) is 20.3 Å². The number of ether oxygens (including phenoxy) is 3. The van der Waals surface area contributed by atoms with Gasteiger partial charge in [-0.1, -0.05) is 42.0 Å². The van der Waals surface area contributed by atoms with E-state index in [0.717, 1.165) is 11.1 Å². The second-order valence-electron chi connectivity index (χ2n) is 7.99. The Kier molecular flexibility index (Phi) is 7.83. The standard InChI is InChI=1S/C27H28O6/c1-17(2)10-12-21(33-24(29)15-11-18-8-6-5-7-9-18)19-16-20(28)25-22(31-3)13-14-23(32-4)26(25)27(19)30/h5-10,13-14,16,21H,11-12,15H2,1-4H3/t21-/m1/s1. The van der Waals surface area contributed by atoms with Gasteiger partial charge in [-0.3, -0.25) is 14.4 Å². The van der Waals surface area contributed by atoms with Gasteiger partial charge in [0.2, 0.25) is 0 Å². The van der Waals surface area contributed by atoms with Crippen LogP contribution in [0.3, 0.4) is 0 Å². The van der Waals surface area contributed by atoms with Crippen LogP contribution in [0.25, 0.3) is 0 Å². The molecule has 0 aromatic heterocycles. The minimum absolute atomic E-state index is 0.127. The van der Waals surface area contributed by atoms with E-state index in [9.17, 15) is 14.4 Å².